The van der Waals surface area contributed by atoms with Crippen molar-refractivity contribution in [1.82, 2.24) is 31.6 Å². The number of aryl methyl sites for hydroxylation is 1. The molecule has 16 nitrogen and oxygen atoms in total. The van der Waals surface area contributed by atoms with Gasteiger partial charge in [0.15, 0.2) is 0 Å². The molecular formula is C45H54F3N7O9. The number of amides is 6. The standard InChI is InChI=1S/C45H54F3N7O9/c1-44(2,3)64-43(63)55-35(24-29-26-51-32-14-8-7-13-31(29)32)41(61)52-33(15-9-10-22-50-37(56)21-18-27-16-19-30(20-17-27)45(46,47)48)40(60)54-36(25-38(57)58)42(62)53-34(39(49)59)23-28-11-5-4-6-12-28/h4-8,11-14,16-17,19-20,26,33-36,51H,9-10,15,18,21-25H2,1-3H3,(H2,49,59)(H,50,56)(H,52,61)(H,53,62)(H,54,60)(H,55,63)(H,57,58)/t33-,34-,35-,36-/m0/s1. The molecule has 0 fully saturated rings. The van der Waals surface area contributed by atoms with Crippen molar-refractivity contribution in [1.29, 1.82) is 0 Å². The van der Waals surface area contributed by atoms with Crippen LogP contribution in [0.4, 0.5) is 18.0 Å². The minimum atomic E-state index is -4.48. The number of hydrogen-bond acceptors (Lipinski definition) is 8. The monoisotopic (exact) mass is 893 g/mol. The number of H-pyrrole nitrogens is 1. The van der Waals surface area contributed by atoms with Crippen molar-refractivity contribution in [3.05, 3.63) is 107 Å². The lowest BCUT2D eigenvalue weighted by atomic mass is 10.0. The highest BCUT2D eigenvalue weighted by molar-refractivity contribution is 5.97. The van der Waals surface area contributed by atoms with Crippen LogP contribution < -0.4 is 32.3 Å². The van der Waals surface area contributed by atoms with E-state index in [1.54, 1.807) is 63.4 Å². The number of rotatable bonds is 22. The third kappa shape index (κ3) is 16.4. The molecule has 0 aliphatic heterocycles. The van der Waals surface area contributed by atoms with E-state index in [1.807, 2.05) is 18.2 Å². The lowest BCUT2D eigenvalue weighted by Gasteiger charge is -2.27. The number of nitrogens with one attached hydrogen (secondary N) is 6. The van der Waals surface area contributed by atoms with Crippen molar-refractivity contribution in [2.24, 2.45) is 5.73 Å². The maximum absolute atomic E-state index is 14.1. The number of aliphatic carboxylic acids is 1. The molecule has 0 aliphatic rings. The molecule has 64 heavy (non-hydrogen) atoms. The first-order chi connectivity index (χ1) is 30.2. The van der Waals surface area contributed by atoms with Gasteiger partial charge in [-0.15, -0.1) is 0 Å². The van der Waals surface area contributed by atoms with E-state index in [-0.39, 0.29) is 57.4 Å². The zero-order valence-electron chi connectivity index (χ0n) is 35.7. The summed E-state index contributed by atoms with van der Waals surface area (Å²) in [6.45, 7) is 5.04. The number of benzene rings is 3. The molecule has 1 heterocycles. The smallest absolute Gasteiger partial charge is 0.416 e. The van der Waals surface area contributed by atoms with Gasteiger partial charge in [0, 0.05) is 42.9 Å². The third-order valence-electron chi connectivity index (χ3n) is 9.86. The minimum absolute atomic E-state index is 0.0100. The number of ether oxygens (including phenoxy) is 1. The fourth-order valence-electron chi connectivity index (χ4n) is 6.63. The molecule has 19 heteroatoms. The molecule has 4 aromatic rings. The Hall–Kier alpha value is -6.92. The van der Waals surface area contributed by atoms with Crippen LogP contribution in [0.1, 0.15) is 75.1 Å². The average molecular weight is 894 g/mol. The Morgan fingerprint density at radius 2 is 1.33 bits per heavy atom. The van der Waals surface area contributed by atoms with Crippen LogP contribution >= 0.6 is 0 Å². The van der Waals surface area contributed by atoms with E-state index in [2.05, 4.69) is 31.6 Å². The number of carboxylic acid groups (broad SMARTS) is 1. The van der Waals surface area contributed by atoms with Crippen molar-refractivity contribution in [3.8, 4) is 0 Å². The highest BCUT2D eigenvalue weighted by Crippen LogP contribution is 2.29. The summed E-state index contributed by atoms with van der Waals surface area (Å²) < 4.78 is 44.2. The average Bonchev–Trinajstić information content (AvgIpc) is 3.63. The number of nitrogens with two attached hydrogens (primary N) is 1. The molecule has 1 aromatic heterocycles. The summed E-state index contributed by atoms with van der Waals surface area (Å²) in [6, 6.07) is 14.6. The number of carbonyl (C=O) groups is 7. The number of aromatic nitrogens is 1. The first kappa shape index (κ1) is 49.7. The second kappa shape index (κ2) is 23.0. The van der Waals surface area contributed by atoms with Gasteiger partial charge in [-0.05, 0) is 81.3 Å². The van der Waals surface area contributed by atoms with E-state index in [0.29, 0.717) is 16.7 Å². The molecule has 0 unspecified atom stereocenters. The summed E-state index contributed by atoms with van der Waals surface area (Å²) in [5, 5.41) is 23.2. The summed E-state index contributed by atoms with van der Waals surface area (Å²) in [4.78, 5) is 94.7. The highest BCUT2D eigenvalue weighted by atomic mass is 19.4. The number of fused-ring (bicyclic) bond motifs is 1. The highest BCUT2D eigenvalue weighted by Gasteiger charge is 2.33. The summed E-state index contributed by atoms with van der Waals surface area (Å²) in [7, 11) is 0. The molecule has 0 radical (unpaired) electrons. The van der Waals surface area contributed by atoms with Gasteiger partial charge in [0.1, 0.15) is 29.8 Å². The Bertz CT molecular complexity index is 2240. The van der Waals surface area contributed by atoms with Crippen molar-refractivity contribution in [2.45, 2.75) is 108 Å². The van der Waals surface area contributed by atoms with Crippen LogP contribution in [-0.2, 0) is 58.9 Å². The van der Waals surface area contributed by atoms with E-state index < -0.39 is 83.6 Å². The lowest BCUT2D eigenvalue weighted by Crippen LogP contribution is -2.59. The number of unbranched alkanes of at least 4 members (excludes halogenated alkanes) is 1. The summed E-state index contributed by atoms with van der Waals surface area (Å²) in [6.07, 6.45) is -4.15. The van der Waals surface area contributed by atoms with Gasteiger partial charge in [0.25, 0.3) is 0 Å². The number of carbonyl (C=O) groups excluding carboxylic acids is 6. The molecule has 0 saturated carbocycles. The SMILES string of the molecule is CC(C)(C)OC(=O)N[C@@H](Cc1c[nH]c2ccccc12)C(=O)N[C@@H](CCCCNC(=O)CCc1ccc(C(F)(F)F)cc1)C(=O)N[C@@H](CC(=O)O)C(=O)N[C@@H](Cc1ccccc1)C(N)=O. The maximum Gasteiger partial charge on any atom is 0.416 e. The first-order valence-electron chi connectivity index (χ1n) is 20.6. The van der Waals surface area contributed by atoms with E-state index in [0.717, 1.165) is 23.0 Å². The molecule has 4 rings (SSSR count). The van der Waals surface area contributed by atoms with E-state index in [4.69, 9.17) is 10.5 Å². The van der Waals surface area contributed by atoms with Gasteiger partial charge in [0.2, 0.25) is 29.5 Å². The van der Waals surface area contributed by atoms with E-state index in [1.165, 1.54) is 12.1 Å². The van der Waals surface area contributed by atoms with Crippen molar-refractivity contribution in [2.75, 3.05) is 6.54 Å². The van der Waals surface area contributed by atoms with E-state index >= 15 is 0 Å². The lowest BCUT2D eigenvalue weighted by molar-refractivity contribution is -0.141. The third-order valence-corrected chi connectivity index (χ3v) is 9.86. The Kier molecular flexibility index (Phi) is 17.8. The second-order valence-corrected chi connectivity index (χ2v) is 16.2. The molecule has 0 bridgehead atoms. The molecule has 4 atom stereocenters. The number of hydrogen-bond donors (Lipinski definition) is 8. The fraction of sp³-hybridized carbons (Fsp3) is 0.400. The summed E-state index contributed by atoms with van der Waals surface area (Å²) in [5.74, 6) is -5.55. The number of alkyl carbamates (subject to hydrolysis) is 1. The Balaban J connectivity index is 1.50. The normalized spacial score (nSPS) is 13.4. The van der Waals surface area contributed by atoms with Crippen molar-refractivity contribution >= 4 is 52.5 Å². The number of primary amides is 1. The quantitative estimate of drug-likeness (QED) is 0.0526. The summed E-state index contributed by atoms with van der Waals surface area (Å²) in [5.41, 5.74) is 6.43. The number of carboxylic acids is 1. The second-order valence-electron chi connectivity index (χ2n) is 16.2. The molecule has 344 valence electrons. The number of para-hydroxylation sites is 1. The minimum Gasteiger partial charge on any atom is -0.481 e. The molecule has 6 amide bonds. The van der Waals surface area contributed by atoms with Gasteiger partial charge in [-0.25, -0.2) is 4.79 Å². The predicted molar refractivity (Wildman–Crippen MR) is 229 cm³/mol. The van der Waals surface area contributed by atoms with Crippen molar-refractivity contribution in [3.63, 3.8) is 0 Å². The van der Waals surface area contributed by atoms with Crippen LogP contribution in [-0.4, -0.2) is 88.0 Å². The summed E-state index contributed by atoms with van der Waals surface area (Å²) >= 11 is 0. The Morgan fingerprint density at radius 1 is 0.719 bits per heavy atom. The van der Waals surface area contributed by atoms with Crippen LogP contribution in [0.15, 0.2) is 85.1 Å². The van der Waals surface area contributed by atoms with Crippen LogP contribution in [0.2, 0.25) is 0 Å². The van der Waals surface area contributed by atoms with Gasteiger partial charge in [-0.3, -0.25) is 28.8 Å². The van der Waals surface area contributed by atoms with Crippen LogP contribution in [0.25, 0.3) is 10.9 Å². The van der Waals surface area contributed by atoms with E-state index in [9.17, 15) is 51.8 Å². The topological polar surface area (TPSA) is 251 Å². The molecule has 0 aliphatic carbocycles. The predicted octanol–water partition coefficient (Wildman–Crippen LogP) is 4.20. The van der Waals surface area contributed by atoms with Gasteiger partial charge in [0.05, 0.1) is 12.0 Å². The molecule has 9 N–H and O–H groups in total. The van der Waals surface area contributed by atoms with Gasteiger partial charge in [-0.1, -0.05) is 60.7 Å². The molecular weight excluding hydrogens is 840 g/mol. The molecule has 0 spiro atoms. The molecule has 3 aromatic carbocycles. The van der Waals surface area contributed by atoms with Gasteiger partial charge >= 0.3 is 18.2 Å². The number of aromatic amines is 1. The molecule has 0 saturated heterocycles. The number of halogens is 3. The maximum atomic E-state index is 14.1. The fourth-order valence-corrected chi connectivity index (χ4v) is 6.63. The largest absolute Gasteiger partial charge is 0.481 e. The van der Waals surface area contributed by atoms with Crippen molar-refractivity contribution < 1.29 is 56.6 Å². The Morgan fingerprint density at radius 3 is 1.97 bits per heavy atom. The van der Waals surface area contributed by atoms with Crippen LogP contribution in [0.5, 0.6) is 0 Å². The van der Waals surface area contributed by atoms with Crippen LogP contribution in [0.3, 0.4) is 0 Å². The number of alkyl halides is 3. The van der Waals surface area contributed by atoms with Gasteiger partial charge < -0.3 is 47.1 Å². The Labute approximate surface area is 367 Å². The van der Waals surface area contributed by atoms with Crippen LogP contribution in [0, 0.1) is 0 Å². The first-order valence-corrected chi connectivity index (χ1v) is 20.6. The zero-order valence-corrected chi connectivity index (χ0v) is 35.7. The van der Waals surface area contributed by atoms with Gasteiger partial charge in [-0.2, -0.15) is 13.2 Å². The zero-order chi connectivity index (χ0) is 47.0.